The van der Waals surface area contributed by atoms with Crippen molar-refractivity contribution in [1.29, 1.82) is 0 Å². The molecule has 0 bridgehead atoms. The number of aromatic hydroxyl groups is 1. The summed E-state index contributed by atoms with van der Waals surface area (Å²) in [6.07, 6.45) is 8.38. The molecule has 2 aromatic heterocycles. The first-order valence-corrected chi connectivity index (χ1v) is 8.40. The Morgan fingerprint density at radius 1 is 1.00 bits per heavy atom. The molecule has 0 spiro atoms. The van der Waals surface area contributed by atoms with Crippen molar-refractivity contribution in [2.24, 2.45) is 0 Å². The molecule has 0 radical (unpaired) electrons. The van der Waals surface area contributed by atoms with Gasteiger partial charge in [0.15, 0.2) is 5.82 Å². The van der Waals surface area contributed by atoms with E-state index >= 15 is 0 Å². The molecule has 0 saturated carbocycles. The summed E-state index contributed by atoms with van der Waals surface area (Å²) in [5, 5.41) is 9.72. The number of phenolic OH excluding ortho intramolecular Hbond substituents is 1. The quantitative estimate of drug-likeness (QED) is 0.721. The summed E-state index contributed by atoms with van der Waals surface area (Å²) in [5.74, 6) is 0.997. The first-order chi connectivity index (χ1) is 11.8. The Balaban J connectivity index is 0.000000815. The molecule has 1 aliphatic carbocycles. The largest absolute Gasteiger partial charge is 0.508 e. The molecule has 1 aliphatic rings. The van der Waals surface area contributed by atoms with Crippen LogP contribution in [0.2, 0.25) is 0 Å². The number of benzene rings is 1. The topological polar surface area (TPSA) is 58.9 Å². The SMILES string of the molecule is CC.Oc1ccc2c(c1)CCCc1cnc(-c3cccnc3)nc1-2. The first kappa shape index (κ1) is 16.1. The van der Waals surface area contributed by atoms with Crippen LogP contribution < -0.4 is 0 Å². The van der Waals surface area contributed by atoms with E-state index in [0.29, 0.717) is 11.6 Å². The Kier molecular flexibility index (Phi) is 4.85. The van der Waals surface area contributed by atoms with Gasteiger partial charge in [-0.1, -0.05) is 13.8 Å². The molecule has 0 atom stereocenters. The minimum Gasteiger partial charge on any atom is -0.508 e. The van der Waals surface area contributed by atoms with E-state index in [1.807, 2.05) is 44.3 Å². The molecule has 3 aromatic rings. The predicted molar refractivity (Wildman–Crippen MR) is 95.7 cm³/mol. The molecule has 1 N–H and O–H groups in total. The fourth-order valence-corrected chi connectivity index (χ4v) is 2.94. The van der Waals surface area contributed by atoms with E-state index in [0.717, 1.165) is 47.2 Å². The van der Waals surface area contributed by atoms with E-state index in [4.69, 9.17) is 4.98 Å². The van der Waals surface area contributed by atoms with E-state index in [-0.39, 0.29) is 0 Å². The summed E-state index contributed by atoms with van der Waals surface area (Å²) in [5.41, 5.74) is 5.29. The van der Waals surface area contributed by atoms with E-state index in [2.05, 4.69) is 9.97 Å². The van der Waals surface area contributed by atoms with Crippen molar-refractivity contribution >= 4 is 0 Å². The number of aryl methyl sites for hydroxylation is 2. The van der Waals surface area contributed by atoms with Crippen molar-refractivity contribution in [1.82, 2.24) is 15.0 Å². The summed E-state index contributed by atoms with van der Waals surface area (Å²) < 4.78 is 0. The average Bonchev–Trinajstić information content (AvgIpc) is 2.82. The second-order valence-corrected chi connectivity index (χ2v) is 5.50. The van der Waals surface area contributed by atoms with Gasteiger partial charge in [-0.2, -0.15) is 0 Å². The maximum Gasteiger partial charge on any atom is 0.161 e. The lowest BCUT2D eigenvalue weighted by atomic mass is 10.0. The molecule has 0 aliphatic heterocycles. The smallest absolute Gasteiger partial charge is 0.161 e. The highest BCUT2D eigenvalue weighted by molar-refractivity contribution is 5.70. The third-order valence-corrected chi connectivity index (χ3v) is 4.02. The molecule has 0 fully saturated rings. The molecule has 122 valence electrons. The lowest BCUT2D eigenvalue weighted by Crippen LogP contribution is -1.97. The van der Waals surface area contributed by atoms with Crippen molar-refractivity contribution in [3.8, 4) is 28.4 Å². The number of aromatic nitrogens is 3. The van der Waals surface area contributed by atoms with Gasteiger partial charge in [0, 0.05) is 29.7 Å². The molecule has 24 heavy (non-hydrogen) atoms. The second-order valence-electron chi connectivity index (χ2n) is 5.50. The van der Waals surface area contributed by atoms with Crippen molar-refractivity contribution in [2.45, 2.75) is 33.1 Å². The standard InChI is InChI=1S/C18H15N3O.C2H6/c22-15-6-7-16-12(9-15)3-1-4-13-11-20-18(21-17(13)16)14-5-2-8-19-10-14;1-2/h2,5-11,22H,1,3-4H2;1-2H3. The number of hydrogen-bond donors (Lipinski definition) is 1. The van der Waals surface area contributed by atoms with Crippen LogP contribution in [-0.2, 0) is 12.8 Å². The molecule has 0 unspecified atom stereocenters. The van der Waals surface area contributed by atoms with Crippen molar-refractivity contribution in [2.75, 3.05) is 0 Å². The zero-order chi connectivity index (χ0) is 16.9. The summed E-state index contributed by atoms with van der Waals surface area (Å²) in [6.45, 7) is 4.00. The van der Waals surface area contributed by atoms with Crippen LogP contribution >= 0.6 is 0 Å². The molecule has 0 saturated heterocycles. The lowest BCUT2D eigenvalue weighted by Gasteiger charge is -2.10. The zero-order valence-corrected chi connectivity index (χ0v) is 14.0. The first-order valence-electron chi connectivity index (χ1n) is 8.40. The third-order valence-electron chi connectivity index (χ3n) is 4.02. The van der Waals surface area contributed by atoms with Gasteiger partial charge in [0.2, 0.25) is 0 Å². The van der Waals surface area contributed by atoms with Gasteiger partial charge in [0.25, 0.3) is 0 Å². The van der Waals surface area contributed by atoms with E-state index in [1.165, 1.54) is 0 Å². The molecule has 4 nitrogen and oxygen atoms in total. The van der Waals surface area contributed by atoms with E-state index in [9.17, 15) is 5.11 Å². The number of rotatable bonds is 1. The molecule has 0 amide bonds. The summed E-state index contributed by atoms with van der Waals surface area (Å²) in [6, 6.07) is 9.37. The van der Waals surface area contributed by atoms with Crippen LogP contribution in [-0.4, -0.2) is 20.1 Å². The predicted octanol–water partition coefficient (Wildman–Crippen LogP) is 4.43. The normalized spacial score (nSPS) is 12.2. The Bertz CT molecular complexity index is 832. The zero-order valence-electron chi connectivity index (χ0n) is 14.0. The Labute approximate surface area is 142 Å². The van der Waals surface area contributed by atoms with Crippen LogP contribution in [0.4, 0.5) is 0 Å². The highest BCUT2D eigenvalue weighted by Crippen LogP contribution is 2.33. The van der Waals surface area contributed by atoms with Gasteiger partial charge >= 0.3 is 0 Å². The number of hydrogen-bond acceptors (Lipinski definition) is 4. The third kappa shape index (κ3) is 3.13. The Morgan fingerprint density at radius 2 is 1.83 bits per heavy atom. The van der Waals surface area contributed by atoms with Crippen molar-refractivity contribution in [3.05, 3.63) is 60.0 Å². The highest BCUT2D eigenvalue weighted by Gasteiger charge is 2.17. The minimum atomic E-state index is 0.309. The molecule has 1 aromatic carbocycles. The number of pyridine rings is 1. The monoisotopic (exact) mass is 319 g/mol. The Morgan fingerprint density at radius 3 is 2.62 bits per heavy atom. The van der Waals surface area contributed by atoms with Gasteiger partial charge in [0.05, 0.1) is 5.69 Å². The van der Waals surface area contributed by atoms with Crippen molar-refractivity contribution < 1.29 is 5.11 Å². The summed E-state index contributed by atoms with van der Waals surface area (Å²) >= 11 is 0. The van der Waals surface area contributed by atoms with Crippen molar-refractivity contribution in [3.63, 3.8) is 0 Å². The average molecular weight is 319 g/mol. The maximum atomic E-state index is 9.72. The highest BCUT2D eigenvalue weighted by atomic mass is 16.3. The second kappa shape index (κ2) is 7.21. The Hall–Kier alpha value is -2.75. The van der Waals surface area contributed by atoms with E-state index in [1.54, 1.807) is 18.5 Å². The van der Waals surface area contributed by atoms with Gasteiger partial charge in [-0.05, 0) is 60.7 Å². The summed E-state index contributed by atoms with van der Waals surface area (Å²) in [7, 11) is 0. The van der Waals surface area contributed by atoms with Gasteiger partial charge in [-0.3, -0.25) is 4.98 Å². The molecular formula is C20H21N3O. The van der Waals surface area contributed by atoms with Gasteiger partial charge in [-0.15, -0.1) is 0 Å². The number of nitrogens with zero attached hydrogens (tertiary/aromatic N) is 3. The molecule has 2 heterocycles. The fraction of sp³-hybridized carbons (Fsp3) is 0.250. The molecule has 4 rings (SSSR count). The molecule has 4 heteroatoms. The molecular weight excluding hydrogens is 298 g/mol. The minimum absolute atomic E-state index is 0.309. The van der Waals surface area contributed by atoms with Crippen LogP contribution in [0.15, 0.2) is 48.9 Å². The van der Waals surface area contributed by atoms with E-state index < -0.39 is 0 Å². The fourth-order valence-electron chi connectivity index (χ4n) is 2.94. The van der Waals surface area contributed by atoms with Gasteiger partial charge < -0.3 is 5.11 Å². The summed E-state index contributed by atoms with van der Waals surface area (Å²) in [4.78, 5) is 13.4. The maximum absolute atomic E-state index is 9.72. The van der Waals surface area contributed by atoms with Crippen LogP contribution in [0.5, 0.6) is 5.75 Å². The van der Waals surface area contributed by atoms with Gasteiger partial charge in [-0.25, -0.2) is 9.97 Å². The number of fused-ring (bicyclic) bond motifs is 3. The van der Waals surface area contributed by atoms with Crippen LogP contribution in [0, 0.1) is 0 Å². The van der Waals surface area contributed by atoms with Crippen LogP contribution in [0.3, 0.4) is 0 Å². The number of phenols is 1. The van der Waals surface area contributed by atoms with Gasteiger partial charge in [0.1, 0.15) is 5.75 Å². The van der Waals surface area contributed by atoms with Crippen LogP contribution in [0.1, 0.15) is 31.4 Å². The lowest BCUT2D eigenvalue weighted by molar-refractivity contribution is 0.474. The van der Waals surface area contributed by atoms with Crippen LogP contribution in [0.25, 0.3) is 22.6 Å².